The van der Waals surface area contributed by atoms with Crippen LogP contribution in [-0.2, 0) is 9.89 Å². The molecule has 0 radical (unpaired) electrons. The van der Waals surface area contributed by atoms with Crippen molar-refractivity contribution in [1.29, 1.82) is 0 Å². The number of methoxy groups -OCH3 is 1. The van der Waals surface area contributed by atoms with Crippen molar-refractivity contribution >= 4 is 27.1 Å². The summed E-state index contributed by atoms with van der Waals surface area (Å²) in [6, 6.07) is 13.3. The first-order valence-electron chi connectivity index (χ1n) is 9.10. The second-order valence-electron chi connectivity index (χ2n) is 7.22. The Hall–Kier alpha value is -0.940. The van der Waals surface area contributed by atoms with Gasteiger partial charge in [0.15, 0.2) is 6.79 Å². The molecule has 0 fully saturated rings. The predicted octanol–water partition coefficient (Wildman–Crippen LogP) is 5.28. The molecule has 0 N–H and O–H groups in total. The fraction of sp³-hybridized carbons (Fsp3) is 0.455. The first-order valence-corrected chi connectivity index (χ1v) is 12.3. The van der Waals surface area contributed by atoms with Crippen LogP contribution in [-0.4, -0.2) is 27.2 Å². The number of rotatable bonds is 8. The minimum absolute atomic E-state index is 0.0430. The Balaban J connectivity index is 2.52. The van der Waals surface area contributed by atoms with Gasteiger partial charge in [-0.2, -0.15) is 0 Å². The van der Waals surface area contributed by atoms with Crippen molar-refractivity contribution in [1.82, 2.24) is 0 Å². The number of benzene rings is 2. The summed E-state index contributed by atoms with van der Waals surface area (Å²) in [5.41, 5.74) is 3.97. The van der Waals surface area contributed by atoms with E-state index in [9.17, 15) is 0 Å². The second-order valence-corrected chi connectivity index (χ2v) is 11.3. The van der Waals surface area contributed by atoms with Gasteiger partial charge in [-0.3, -0.25) is 0 Å². The maximum absolute atomic E-state index is 5.92. The first kappa shape index (κ1) is 21.4. The van der Waals surface area contributed by atoms with Crippen LogP contribution >= 0.6 is 16.5 Å². The average molecular weight is 390 g/mol. The molecule has 2 rings (SSSR count). The maximum atomic E-state index is 5.92. The molecule has 0 aliphatic heterocycles. The molecule has 142 valence electrons. The normalized spacial score (nSPS) is 14.2. The smallest absolute Gasteiger partial charge is 0.188 e. The van der Waals surface area contributed by atoms with Crippen molar-refractivity contribution in [3.8, 4) is 5.75 Å². The molecule has 0 aliphatic rings. The Bertz CT molecular complexity index is 743. The summed E-state index contributed by atoms with van der Waals surface area (Å²) in [6.07, 6.45) is 1.07. The van der Waals surface area contributed by atoms with Crippen LogP contribution in [0, 0.1) is 13.8 Å². The van der Waals surface area contributed by atoms with E-state index in [1.54, 1.807) is 7.11 Å². The lowest BCUT2D eigenvalue weighted by atomic mass is 9.95. The molecule has 0 aliphatic carbocycles. The molecular weight excluding hydrogens is 358 g/mol. The molecule has 0 saturated carbocycles. The van der Waals surface area contributed by atoms with E-state index in [1.807, 2.05) is 0 Å². The fourth-order valence-corrected chi connectivity index (χ4v) is 6.53. The van der Waals surface area contributed by atoms with Gasteiger partial charge in [-0.25, -0.2) is 0 Å². The van der Waals surface area contributed by atoms with Gasteiger partial charge in [0, 0.05) is 17.8 Å². The van der Waals surface area contributed by atoms with Gasteiger partial charge in [0.1, 0.15) is 5.75 Å². The van der Waals surface area contributed by atoms with Gasteiger partial charge in [-0.05, 0) is 55.8 Å². The first-order chi connectivity index (χ1) is 12.3. The van der Waals surface area contributed by atoms with Crippen molar-refractivity contribution in [2.75, 3.05) is 27.2 Å². The van der Waals surface area contributed by atoms with E-state index in [1.165, 1.54) is 27.3 Å². The number of aryl methyl sites for hydroxylation is 2. The Kier molecular flexibility index (Phi) is 7.65. The molecule has 0 saturated heterocycles. The fourth-order valence-electron chi connectivity index (χ4n) is 3.13. The Morgan fingerprint density at radius 1 is 1.12 bits per heavy atom. The van der Waals surface area contributed by atoms with Gasteiger partial charge in [0.25, 0.3) is 0 Å². The van der Waals surface area contributed by atoms with Crippen LogP contribution in [0.15, 0.2) is 36.4 Å². The quantitative estimate of drug-likeness (QED) is 0.451. The minimum Gasteiger partial charge on any atom is -0.467 e. The molecule has 4 heteroatoms. The van der Waals surface area contributed by atoms with Gasteiger partial charge < -0.3 is 9.47 Å². The SMILES string of the molecule is CCC(C)(Pc1c(C)cccc1P(C)C)c1cc(C)ccc1OCOC. The molecule has 2 unspecified atom stereocenters. The van der Waals surface area contributed by atoms with E-state index in [0.29, 0.717) is 8.58 Å². The van der Waals surface area contributed by atoms with Crippen LogP contribution in [0.2, 0.25) is 0 Å². The van der Waals surface area contributed by atoms with Gasteiger partial charge in [0.05, 0.1) is 0 Å². The molecule has 26 heavy (non-hydrogen) atoms. The highest BCUT2D eigenvalue weighted by Crippen LogP contribution is 2.48. The van der Waals surface area contributed by atoms with Crippen molar-refractivity contribution in [2.24, 2.45) is 0 Å². The molecule has 0 aromatic heterocycles. The molecule has 2 aromatic carbocycles. The zero-order chi connectivity index (χ0) is 19.3. The number of hydrogen-bond acceptors (Lipinski definition) is 2. The van der Waals surface area contributed by atoms with Crippen molar-refractivity contribution in [3.63, 3.8) is 0 Å². The summed E-state index contributed by atoms with van der Waals surface area (Å²) >= 11 is 0. The lowest BCUT2D eigenvalue weighted by molar-refractivity contribution is 0.0500. The predicted molar refractivity (Wildman–Crippen MR) is 119 cm³/mol. The third-order valence-electron chi connectivity index (χ3n) is 4.90. The molecule has 0 heterocycles. The Morgan fingerprint density at radius 3 is 2.46 bits per heavy atom. The zero-order valence-corrected chi connectivity index (χ0v) is 19.0. The molecule has 2 nitrogen and oxygen atoms in total. The van der Waals surface area contributed by atoms with Gasteiger partial charge in [0.2, 0.25) is 0 Å². The Labute approximate surface area is 162 Å². The van der Waals surface area contributed by atoms with Crippen molar-refractivity contribution in [2.45, 2.75) is 39.3 Å². The van der Waals surface area contributed by atoms with Crippen LogP contribution < -0.4 is 15.3 Å². The summed E-state index contributed by atoms with van der Waals surface area (Å²) in [7, 11) is 2.25. The van der Waals surface area contributed by atoms with Gasteiger partial charge in [-0.15, -0.1) is 0 Å². The van der Waals surface area contributed by atoms with Crippen molar-refractivity contribution in [3.05, 3.63) is 53.1 Å². The van der Waals surface area contributed by atoms with E-state index in [-0.39, 0.29) is 19.9 Å². The molecule has 0 amide bonds. The van der Waals surface area contributed by atoms with Gasteiger partial charge >= 0.3 is 0 Å². The third-order valence-corrected chi connectivity index (χ3v) is 8.54. The lowest BCUT2D eigenvalue weighted by Gasteiger charge is -2.33. The van der Waals surface area contributed by atoms with Crippen LogP contribution in [0.5, 0.6) is 5.75 Å². The van der Waals surface area contributed by atoms with E-state index in [2.05, 4.69) is 77.4 Å². The van der Waals surface area contributed by atoms with Crippen LogP contribution in [0.3, 0.4) is 0 Å². The van der Waals surface area contributed by atoms with Crippen molar-refractivity contribution < 1.29 is 9.47 Å². The third kappa shape index (κ3) is 4.86. The number of hydrogen-bond donors (Lipinski definition) is 0. The number of ether oxygens (including phenoxy) is 2. The largest absolute Gasteiger partial charge is 0.467 e. The summed E-state index contributed by atoms with van der Waals surface area (Å²) in [6.45, 7) is 14.0. The average Bonchev–Trinajstić information content (AvgIpc) is 2.62. The van der Waals surface area contributed by atoms with Crippen LogP contribution in [0.4, 0.5) is 0 Å². The second kappa shape index (κ2) is 9.32. The molecule has 2 aromatic rings. The topological polar surface area (TPSA) is 18.5 Å². The van der Waals surface area contributed by atoms with E-state index in [0.717, 1.165) is 12.2 Å². The summed E-state index contributed by atoms with van der Waals surface area (Å²) in [4.78, 5) is 0. The molecule has 0 bridgehead atoms. The monoisotopic (exact) mass is 390 g/mol. The minimum atomic E-state index is -0.127. The lowest BCUT2D eigenvalue weighted by Crippen LogP contribution is -2.28. The van der Waals surface area contributed by atoms with Crippen LogP contribution in [0.1, 0.15) is 37.0 Å². The summed E-state index contributed by atoms with van der Waals surface area (Å²) < 4.78 is 11.1. The Morgan fingerprint density at radius 2 is 1.85 bits per heavy atom. The summed E-state index contributed by atoms with van der Waals surface area (Å²) in [5, 5.41) is 3.11. The zero-order valence-electron chi connectivity index (χ0n) is 17.1. The van der Waals surface area contributed by atoms with Crippen LogP contribution in [0.25, 0.3) is 0 Å². The maximum Gasteiger partial charge on any atom is 0.188 e. The van der Waals surface area contributed by atoms with E-state index < -0.39 is 0 Å². The van der Waals surface area contributed by atoms with E-state index >= 15 is 0 Å². The highest BCUT2D eigenvalue weighted by molar-refractivity contribution is 7.66. The highest BCUT2D eigenvalue weighted by Gasteiger charge is 2.30. The molecule has 0 spiro atoms. The summed E-state index contributed by atoms with van der Waals surface area (Å²) in [5.74, 6) is 0.944. The van der Waals surface area contributed by atoms with Gasteiger partial charge in [-0.1, -0.05) is 66.2 Å². The highest BCUT2D eigenvalue weighted by atomic mass is 31.1. The van der Waals surface area contributed by atoms with E-state index in [4.69, 9.17) is 9.47 Å². The molecular formula is C22H32O2P2. The molecule has 2 atom stereocenters. The standard InChI is InChI=1S/C22H32O2P2/c1-8-22(4,18-14-16(2)12-13-19(18)24-15-23-5)25-21-17(3)10-9-11-20(21)26(6)7/h9-14,25H,8,15H2,1-7H3.